The largest absolute Gasteiger partial charge is 0.299 e. The summed E-state index contributed by atoms with van der Waals surface area (Å²) in [5.41, 5.74) is 3.65. The third kappa shape index (κ3) is 2.98. The third-order valence-electron chi connectivity index (χ3n) is 3.84. The molecule has 1 aromatic heterocycles. The second-order valence-corrected chi connectivity index (χ2v) is 6.69. The van der Waals surface area contributed by atoms with Crippen LogP contribution in [-0.4, -0.2) is 27.8 Å². The number of likely N-dealkylation sites (tertiary alicyclic amines) is 1. The van der Waals surface area contributed by atoms with Crippen molar-refractivity contribution in [2.75, 3.05) is 13.1 Å². The van der Waals surface area contributed by atoms with Gasteiger partial charge in [0, 0.05) is 22.5 Å². The molecular formula is C16H19BrN2. The van der Waals surface area contributed by atoms with Crippen LogP contribution >= 0.6 is 15.9 Å². The van der Waals surface area contributed by atoms with Crippen molar-refractivity contribution in [2.24, 2.45) is 0 Å². The number of rotatable bonds is 2. The van der Waals surface area contributed by atoms with E-state index in [2.05, 4.69) is 63.1 Å². The van der Waals surface area contributed by atoms with Gasteiger partial charge >= 0.3 is 0 Å². The van der Waals surface area contributed by atoms with Gasteiger partial charge in [0.1, 0.15) is 0 Å². The molecule has 2 nitrogen and oxygen atoms in total. The van der Waals surface area contributed by atoms with Crippen molar-refractivity contribution in [3.05, 3.63) is 41.6 Å². The van der Waals surface area contributed by atoms with E-state index in [1.54, 1.807) is 0 Å². The maximum atomic E-state index is 4.62. The molecule has 0 N–H and O–H groups in total. The van der Waals surface area contributed by atoms with Crippen molar-refractivity contribution in [1.29, 1.82) is 0 Å². The van der Waals surface area contributed by atoms with Crippen molar-refractivity contribution in [2.45, 2.75) is 31.1 Å². The number of aromatic nitrogens is 1. The van der Waals surface area contributed by atoms with Gasteiger partial charge in [0.25, 0.3) is 0 Å². The lowest BCUT2D eigenvalue weighted by molar-refractivity contribution is 0.227. The first-order valence-electron chi connectivity index (χ1n) is 6.94. The van der Waals surface area contributed by atoms with Gasteiger partial charge in [0.05, 0.1) is 5.52 Å². The molecule has 1 aliphatic rings. The van der Waals surface area contributed by atoms with Crippen LogP contribution in [0.2, 0.25) is 0 Å². The van der Waals surface area contributed by atoms with Crippen LogP contribution in [0, 0.1) is 6.92 Å². The van der Waals surface area contributed by atoms with Crippen molar-refractivity contribution >= 4 is 26.8 Å². The zero-order chi connectivity index (χ0) is 13.2. The number of piperidine rings is 1. The summed E-state index contributed by atoms with van der Waals surface area (Å²) in [6.45, 7) is 5.50. The number of aryl methyl sites for hydroxylation is 1. The molecule has 0 unspecified atom stereocenters. The van der Waals surface area contributed by atoms with Crippen LogP contribution in [0.25, 0.3) is 10.9 Å². The van der Waals surface area contributed by atoms with Crippen molar-refractivity contribution in [1.82, 2.24) is 9.88 Å². The fourth-order valence-corrected chi connectivity index (χ4v) is 3.24. The fraction of sp³-hybridized carbons (Fsp3) is 0.438. The normalized spacial score (nSPS) is 18.0. The molecule has 2 heterocycles. The summed E-state index contributed by atoms with van der Waals surface area (Å²) >= 11 is 3.72. The van der Waals surface area contributed by atoms with Crippen LogP contribution in [-0.2, 0) is 6.54 Å². The minimum atomic E-state index is 0.708. The Morgan fingerprint density at radius 1 is 1.26 bits per heavy atom. The number of alkyl halides is 1. The quantitative estimate of drug-likeness (QED) is 0.781. The summed E-state index contributed by atoms with van der Waals surface area (Å²) in [5, 5.41) is 1.30. The second kappa shape index (κ2) is 5.59. The second-order valence-electron chi connectivity index (χ2n) is 5.39. The highest BCUT2D eigenvalue weighted by Gasteiger charge is 2.17. The highest BCUT2D eigenvalue weighted by Crippen LogP contribution is 2.23. The zero-order valence-electron chi connectivity index (χ0n) is 11.3. The number of halogens is 1. The van der Waals surface area contributed by atoms with Crippen LogP contribution < -0.4 is 0 Å². The SMILES string of the molecule is Cc1cc(CN2CCC(Br)CC2)c2ccccc2n1. The Morgan fingerprint density at radius 3 is 2.79 bits per heavy atom. The van der Waals surface area contributed by atoms with E-state index in [0.717, 1.165) is 17.8 Å². The number of nitrogens with zero attached hydrogens (tertiary/aromatic N) is 2. The van der Waals surface area contributed by atoms with Crippen molar-refractivity contribution in [3.8, 4) is 0 Å². The Hall–Kier alpha value is -0.930. The Kier molecular flexibility index (Phi) is 3.85. The first-order chi connectivity index (χ1) is 9.22. The lowest BCUT2D eigenvalue weighted by Gasteiger charge is -2.29. The van der Waals surface area contributed by atoms with Crippen LogP contribution in [0.5, 0.6) is 0 Å². The summed E-state index contributed by atoms with van der Waals surface area (Å²) in [7, 11) is 0. The van der Waals surface area contributed by atoms with E-state index in [1.807, 2.05) is 0 Å². The fourth-order valence-electron chi connectivity index (χ4n) is 2.83. The molecule has 0 saturated carbocycles. The molecule has 3 heteroatoms. The van der Waals surface area contributed by atoms with Crippen LogP contribution in [0.1, 0.15) is 24.1 Å². The standard InChI is InChI=1S/C16H19BrN2/c1-12-10-13(11-19-8-6-14(17)7-9-19)15-4-2-3-5-16(15)18-12/h2-5,10,14H,6-9,11H2,1H3. The molecule has 1 fully saturated rings. The van der Waals surface area contributed by atoms with E-state index in [1.165, 1.54) is 36.9 Å². The van der Waals surface area contributed by atoms with Crippen LogP contribution in [0.3, 0.4) is 0 Å². The molecule has 19 heavy (non-hydrogen) atoms. The number of hydrogen-bond donors (Lipinski definition) is 0. The van der Waals surface area contributed by atoms with Gasteiger partial charge in [0.15, 0.2) is 0 Å². The molecule has 2 aromatic rings. The first-order valence-corrected chi connectivity index (χ1v) is 7.85. The van der Waals surface area contributed by atoms with Gasteiger partial charge in [-0.3, -0.25) is 9.88 Å². The minimum absolute atomic E-state index is 0.708. The molecule has 0 atom stereocenters. The van der Waals surface area contributed by atoms with Gasteiger partial charge in [-0.25, -0.2) is 0 Å². The van der Waals surface area contributed by atoms with Gasteiger partial charge in [-0.15, -0.1) is 0 Å². The maximum Gasteiger partial charge on any atom is 0.0708 e. The number of hydrogen-bond acceptors (Lipinski definition) is 2. The highest BCUT2D eigenvalue weighted by molar-refractivity contribution is 9.09. The average Bonchev–Trinajstić information content (AvgIpc) is 2.41. The average molecular weight is 319 g/mol. The molecule has 0 amide bonds. The van der Waals surface area contributed by atoms with E-state index in [-0.39, 0.29) is 0 Å². The summed E-state index contributed by atoms with van der Waals surface area (Å²) < 4.78 is 0. The highest BCUT2D eigenvalue weighted by atomic mass is 79.9. The molecule has 0 bridgehead atoms. The lowest BCUT2D eigenvalue weighted by atomic mass is 10.1. The van der Waals surface area contributed by atoms with Gasteiger partial charge in [-0.2, -0.15) is 0 Å². The number of pyridine rings is 1. The predicted molar refractivity (Wildman–Crippen MR) is 83.7 cm³/mol. The molecule has 1 saturated heterocycles. The molecule has 0 radical (unpaired) electrons. The van der Waals surface area contributed by atoms with Gasteiger partial charge in [-0.05, 0) is 50.6 Å². The minimum Gasteiger partial charge on any atom is -0.299 e. The van der Waals surface area contributed by atoms with Gasteiger partial charge in [-0.1, -0.05) is 34.1 Å². The summed E-state index contributed by atoms with van der Waals surface area (Å²) in [6, 6.07) is 10.7. The smallest absolute Gasteiger partial charge is 0.0708 e. The number of para-hydroxylation sites is 1. The predicted octanol–water partition coefficient (Wildman–Crippen LogP) is 3.90. The van der Waals surface area contributed by atoms with E-state index in [9.17, 15) is 0 Å². The van der Waals surface area contributed by atoms with Crippen molar-refractivity contribution < 1.29 is 0 Å². The topological polar surface area (TPSA) is 16.1 Å². The lowest BCUT2D eigenvalue weighted by Crippen LogP contribution is -2.33. The van der Waals surface area contributed by atoms with E-state index < -0.39 is 0 Å². The molecular weight excluding hydrogens is 300 g/mol. The summed E-state index contributed by atoms with van der Waals surface area (Å²) in [4.78, 5) is 7.88. The van der Waals surface area contributed by atoms with Crippen LogP contribution in [0.4, 0.5) is 0 Å². The maximum absolute atomic E-state index is 4.62. The van der Waals surface area contributed by atoms with E-state index >= 15 is 0 Å². The first kappa shape index (κ1) is 13.1. The molecule has 100 valence electrons. The van der Waals surface area contributed by atoms with E-state index in [0.29, 0.717) is 4.83 Å². The molecule has 0 aliphatic carbocycles. The van der Waals surface area contributed by atoms with E-state index in [4.69, 9.17) is 0 Å². The Balaban J connectivity index is 1.88. The molecule has 3 rings (SSSR count). The number of fused-ring (bicyclic) bond motifs is 1. The Labute approximate surface area is 123 Å². The Bertz CT molecular complexity index is 574. The summed E-state index contributed by atoms with van der Waals surface area (Å²) in [5.74, 6) is 0. The number of benzene rings is 1. The van der Waals surface area contributed by atoms with Gasteiger partial charge in [0.2, 0.25) is 0 Å². The van der Waals surface area contributed by atoms with Crippen molar-refractivity contribution in [3.63, 3.8) is 0 Å². The molecule has 1 aromatic carbocycles. The molecule has 0 spiro atoms. The van der Waals surface area contributed by atoms with Gasteiger partial charge < -0.3 is 0 Å². The zero-order valence-corrected chi connectivity index (χ0v) is 12.9. The Morgan fingerprint density at radius 2 is 2.00 bits per heavy atom. The molecule has 1 aliphatic heterocycles. The monoisotopic (exact) mass is 318 g/mol. The van der Waals surface area contributed by atoms with Crippen LogP contribution in [0.15, 0.2) is 30.3 Å². The third-order valence-corrected chi connectivity index (χ3v) is 4.76. The summed E-state index contributed by atoms with van der Waals surface area (Å²) in [6.07, 6.45) is 2.50.